The number of anilines is 2. The van der Waals surface area contributed by atoms with Crippen molar-refractivity contribution in [1.82, 2.24) is 29.9 Å². The Morgan fingerprint density at radius 2 is 1.76 bits per heavy atom. The van der Waals surface area contributed by atoms with Crippen molar-refractivity contribution in [1.29, 1.82) is 0 Å². The summed E-state index contributed by atoms with van der Waals surface area (Å²) in [6, 6.07) is 4.67. The summed E-state index contributed by atoms with van der Waals surface area (Å²) in [6.45, 7) is 2.63. The quantitative estimate of drug-likeness (QED) is 0.224. The third kappa shape index (κ3) is 6.26. The number of alkyl halides is 3. The first-order valence-corrected chi connectivity index (χ1v) is 16.0. The molecule has 1 saturated heterocycles. The summed E-state index contributed by atoms with van der Waals surface area (Å²) in [5.74, 6) is 1.20. The predicted octanol–water partition coefficient (Wildman–Crippen LogP) is 6.42. The lowest BCUT2D eigenvalue weighted by atomic mass is 9.86. The number of halogens is 3. The Labute approximate surface area is 265 Å². The zero-order valence-electron chi connectivity index (χ0n) is 26.1. The molecule has 4 aromatic heterocycles. The normalized spacial score (nSPS) is 18.9. The van der Waals surface area contributed by atoms with E-state index in [4.69, 9.17) is 14.7 Å². The Balaban J connectivity index is 1.29. The van der Waals surface area contributed by atoms with E-state index < -0.39 is 18.0 Å². The van der Waals surface area contributed by atoms with E-state index in [-0.39, 0.29) is 11.3 Å². The molecule has 1 aliphatic heterocycles. The molecule has 0 spiro atoms. The summed E-state index contributed by atoms with van der Waals surface area (Å²) in [5.41, 5.74) is 2.62. The zero-order valence-corrected chi connectivity index (χ0v) is 26.1. The van der Waals surface area contributed by atoms with Crippen molar-refractivity contribution >= 4 is 22.7 Å². The fraction of sp³-hybridized carbons (Fsp3) is 0.545. The van der Waals surface area contributed by atoms with Gasteiger partial charge < -0.3 is 19.5 Å². The number of ether oxygens (including phenoxy) is 1. The third-order valence-electron chi connectivity index (χ3n) is 9.61. The number of aromatic nitrogens is 6. The maximum atomic E-state index is 14.0. The Morgan fingerprint density at radius 3 is 2.41 bits per heavy atom. The monoisotopic (exact) mass is 635 g/mol. The number of rotatable bonds is 9. The van der Waals surface area contributed by atoms with Gasteiger partial charge in [-0.05, 0) is 56.7 Å². The minimum Gasteiger partial charge on any atom is -0.384 e. The molecule has 0 atom stereocenters. The molecule has 4 aromatic rings. The lowest BCUT2D eigenvalue weighted by molar-refractivity contribution is -0.141. The molecule has 13 heteroatoms. The van der Waals surface area contributed by atoms with Crippen molar-refractivity contribution in [2.45, 2.75) is 69.6 Å². The van der Waals surface area contributed by atoms with Crippen LogP contribution in [-0.4, -0.2) is 76.4 Å². The predicted molar refractivity (Wildman–Crippen MR) is 167 cm³/mol. The van der Waals surface area contributed by atoms with Gasteiger partial charge in [-0.15, -0.1) is 0 Å². The Bertz CT molecular complexity index is 1690. The molecule has 46 heavy (non-hydrogen) atoms. The zero-order chi connectivity index (χ0) is 32.1. The maximum Gasteiger partial charge on any atom is 0.433 e. The van der Waals surface area contributed by atoms with Crippen LogP contribution in [0.15, 0.2) is 30.6 Å². The van der Waals surface area contributed by atoms with E-state index in [1.165, 1.54) is 0 Å². The van der Waals surface area contributed by atoms with Gasteiger partial charge in [0.05, 0.1) is 36.5 Å². The smallest absolute Gasteiger partial charge is 0.384 e. The molecule has 243 valence electrons. The molecule has 2 aliphatic carbocycles. The summed E-state index contributed by atoms with van der Waals surface area (Å²) in [4.78, 5) is 30.3. The number of nitrogens with one attached hydrogen (secondary N) is 1. The highest BCUT2D eigenvalue weighted by Crippen LogP contribution is 2.44. The number of fused-ring (bicyclic) bond motifs is 1. The van der Waals surface area contributed by atoms with Gasteiger partial charge in [0.25, 0.3) is 0 Å². The van der Waals surface area contributed by atoms with Crippen LogP contribution in [0, 0.1) is 5.41 Å². The van der Waals surface area contributed by atoms with Crippen LogP contribution in [0.2, 0.25) is 0 Å². The SMILES string of the molecule is COCC1(CN(C)c2cc(-c3cc(C4CC4)nc(C(F)(F)F)c3)nc3nc(-c4cnc(N5CCC([O])CC5)cn4)[nH]c23)CCCC1. The highest BCUT2D eigenvalue weighted by molar-refractivity contribution is 5.91. The van der Waals surface area contributed by atoms with E-state index in [0.717, 1.165) is 50.3 Å². The molecule has 3 aliphatic rings. The molecule has 7 rings (SSSR count). The van der Waals surface area contributed by atoms with Crippen molar-refractivity contribution in [3.8, 4) is 22.8 Å². The Kier molecular flexibility index (Phi) is 8.08. The second-order valence-electron chi connectivity index (χ2n) is 13.2. The number of nitrogens with zero attached hydrogens (tertiary/aromatic N) is 7. The van der Waals surface area contributed by atoms with Gasteiger partial charge in [0.1, 0.15) is 22.7 Å². The number of aromatic amines is 1. The average molecular weight is 636 g/mol. The van der Waals surface area contributed by atoms with E-state index in [1.54, 1.807) is 25.6 Å². The summed E-state index contributed by atoms with van der Waals surface area (Å²) < 4.78 is 47.5. The molecule has 1 radical (unpaired) electrons. The fourth-order valence-corrected chi connectivity index (χ4v) is 7.03. The molecule has 2 saturated carbocycles. The highest BCUT2D eigenvalue weighted by atomic mass is 19.4. The number of H-pyrrole nitrogens is 1. The largest absolute Gasteiger partial charge is 0.433 e. The van der Waals surface area contributed by atoms with Crippen molar-refractivity contribution in [3.05, 3.63) is 42.0 Å². The molecular weight excluding hydrogens is 597 g/mol. The van der Waals surface area contributed by atoms with Gasteiger partial charge in [0.15, 0.2) is 11.5 Å². The van der Waals surface area contributed by atoms with Crippen LogP contribution in [0.4, 0.5) is 24.7 Å². The van der Waals surface area contributed by atoms with Crippen molar-refractivity contribution in [3.63, 3.8) is 0 Å². The van der Waals surface area contributed by atoms with Crippen LogP contribution in [0.25, 0.3) is 33.9 Å². The average Bonchev–Trinajstić information content (AvgIpc) is 3.65. The van der Waals surface area contributed by atoms with E-state index >= 15 is 0 Å². The topological polar surface area (TPSA) is 116 Å². The van der Waals surface area contributed by atoms with Gasteiger partial charge in [-0.25, -0.2) is 30.0 Å². The van der Waals surface area contributed by atoms with Crippen molar-refractivity contribution in [2.75, 3.05) is 50.2 Å². The summed E-state index contributed by atoms with van der Waals surface area (Å²) in [6.07, 6.45) is 5.38. The van der Waals surface area contributed by atoms with Gasteiger partial charge in [-0.1, -0.05) is 12.8 Å². The molecule has 3 fully saturated rings. The Hall–Kier alpha value is -3.84. The van der Waals surface area contributed by atoms with E-state index in [0.29, 0.717) is 84.5 Å². The standard InChI is InChI=1S/C33H38F3N8O2/c1-43(18-32(19-46-2)9-3-4-10-32)26-15-24(21-13-23(20-5-6-20)39-27(14-21)33(34,35)36)40-31-29(26)41-30(42-31)25-16-38-28(17-37-25)44-11-7-22(45)8-12-44/h13-17,20,22H,3-12,18-19H2,1-2H3,(H,40,41,42). The first-order valence-electron chi connectivity index (χ1n) is 16.0. The molecule has 0 amide bonds. The molecule has 1 N–H and O–H groups in total. The lowest BCUT2D eigenvalue weighted by Gasteiger charge is -2.34. The fourth-order valence-electron chi connectivity index (χ4n) is 7.03. The molecule has 0 unspecified atom stereocenters. The van der Waals surface area contributed by atoms with Gasteiger partial charge in [0.2, 0.25) is 0 Å². The third-order valence-corrected chi connectivity index (χ3v) is 9.61. The Morgan fingerprint density at radius 1 is 1.00 bits per heavy atom. The maximum absolute atomic E-state index is 14.0. The summed E-state index contributed by atoms with van der Waals surface area (Å²) in [7, 11) is 3.72. The second kappa shape index (κ2) is 12.1. The summed E-state index contributed by atoms with van der Waals surface area (Å²) in [5, 5.41) is 11.8. The number of hydrogen-bond acceptors (Lipinski definition) is 8. The minimum atomic E-state index is -4.58. The number of pyridine rings is 2. The van der Waals surface area contributed by atoms with Crippen molar-refractivity contribution in [2.24, 2.45) is 5.41 Å². The van der Waals surface area contributed by atoms with Crippen LogP contribution < -0.4 is 9.80 Å². The number of piperidine rings is 1. The molecule has 0 aromatic carbocycles. The van der Waals surface area contributed by atoms with Gasteiger partial charge in [-0.2, -0.15) is 13.2 Å². The molecule has 0 bridgehead atoms. The van der Waals surface area contributed by atoms with Crippen LogP contribution in [0.1, 0.15) is 68.7 Å². The first-order chi connectivity index (χ1) is 22.1. The van der Waals surface area contributed by atoms with Gasteiger partial charge in [-0.3, -0.25) is 0 Å². The van der Waals surface area contributed by atoms with Crippen LogP contribution in [0.3, 0.4) is 0 Å². The lowest BCUT2D eigenvalue weighted by Crippen LogP contribution is -2.37. The van der Waals surface area contributed by atoms with E-state index in [1.807, 2.05) is 13.1 Å². The molecular formula is C33H38F3N8O2. The highest BCUT2D eigenvalue weighted by Gasteiger charge is 2.37. The first kappa shape index (κ1) is 30.8. The van der Waals surface area contributed by atoms with Crippen LogP contribution in [0.5, 0.6) is 0 Å². The number of hydrogen-bond donors (Lipinski definition) is 1. The molecule has 5 heterocycles. The minimum absolute atomic E-state index is 0.0246. The second-order valence-corrected chi connectivity index (χ2v) is 13.2. The van der Waals surface area contributed by atoms with E-state index in [9.17, 15) is 18.3 Å². The van der Waals surface area contributed by atoms with E-state index in [2.05, 4.69) is 29.7 Å². The van der Waals surface area contributed by atoms with Gasteiger partial charge >= 0.3 is 6.18 Å². The van der Waals surface area contributed by atoms with Gasteiger partial charge in [0, 0.05) is 56.4 Å². The number of methoxy groups -OCH3 is 1. The number of imidazole rings is 1. The summed E-state index contributed by atoms with van der Waals surface area (Å²) >= 11 is 0. The van der Waals surface area contributed by atoms with Crippen molar-refractivity contribution < 1.29 is 23.0 Å². The van der Waals surface area contributed by atoms with Crippen LogP contribution >= 0.6 is 0 Å². The van der Waals surface area contributed by atoms with Crippen LogP contribution in [-0.2, 0) is 16.0 Å². The molecule has 10 nitrogen and oxygen atoms in total.